The molecule has 3 N–H and O–H groups in total. The molecule has 0 rings (SSSR count). The molecule has 0 saturated heterocycles. The first-order chi connectivity index (χ1) is 6.41. The molecule has 0 aliphatic rings. The average molecular weight is 236 g/mol. The fourth-order valence-corrected chi connectivity index (χ4v) is 1.56. The summed E-state index contributed by atoms with van der Waals surface area (Å²) in [5.74, 6) is -0.222. The average Bonchev–Trinajstić information content (AvgIpc) is 2.03. The lowest BCUT2D eigenvalue weighted by atomic mass is 10.1. The van der Waals surface area contributed by atoms with Crippen molar-refractivity contribution in [1.82, 2.24) is 4.90 Å². The Hall–Kier alpha value is -0.260. The van der Waals surface area contributed by atoms with Crippen molar-refractivity contribution in [2.75, 3.05) is 6.54 Å². The Morgan fingerprint density at radius 1 is 1.27 bits per heavy atom. The van der Waals surface area contributed by atoms with Gasteiger partial charge in [0.1, 0.15) is 6.10 Å². The molecule has 0 unspecified atom stereocenters. The first kappa shape index (κ1) is 17.1. The Kier molecular flexibility index (Phi) is 9.10. The Morgan fingerprint density at radius 2 is 1.67 bits per heavy atom. The van der Waals surface area contributed by atoms with Crippen LogP contribution in [-0.4, -0.2) is 40.6 Å². The van der Waals surface area contributed by atoms with Crippen LogP contribution >= 0.6 is 13.5 Å². The van der Waals surface area contributed by atoms with Gasteiger partial charge in [0.25, 0.3) is 5.91 Å². The van der Waals surface area contributed by atoms with E-state index in [-0.39, 0.29) is 31.5 Å². The normalized spacial score (nSPS) is 12.5. The second-order valence-corrected chi connectivity index (χ2v) is 4.03. The zero-order chi connectivity index (χ0) is 11.3. The van der Waals surface area contributed by atoms with Gasteiger partial charge in [-0.2, -0.15) is 13.5 Å². The van der Waals surface area contributed by atoms with Gasteiger partial charge in [-0.05, 0) is 40.7 Å². The highest BCUT2D eigenvalue weighted by atomic mass is 32.1. The summed E-state index contributed by atoms with van der Waals surface area (Å²) >= 11 is 0. The van der Waals surface area contributed by atoms with Crippen LogP contribution in [0.5, 0.6) is 0 Å². The van der Waals surface area contributed by atoms with E-state index >= 15 is 0 Å². The molecule has 1 amide bonds. The van der Waals surface area contributed by atoms with E-state index in [4.69, 9.17) is 5.73 Å². The van der Waals surface area contributed by atoms with Crippen molar-refractivity contribution in [3.8, 4) is 0 Å². The molecular formula is C10H24N2O2S. The van der Waals surface area contributed by atoms with Crippen molar-refractivity contribution in [3.63, 3.8) is 0 Å². The van der Waals surface area contributed by atoms with Gasteiger partial charge in [0, 0.05) is 12.1 Å². The number of nitrogens with zero attached hydrogens (tertiary/aromatic N) is 1. The fraction of sp³-hybridized carbons (Fsp3) is 0.900. The number of hydrogen-bond acceptors (Lipinski definition) is 3. The Bertz CT molecular complexity index is 178. The predicted molar refractivity (Wildman–Crippen MR) is 67.2 cm³/mol. The molecule has 0 fully saturated rings. The standard InChI is InChI=1S/C10H22N2O2.H2S/c1-7(2)12(8(3)4)10(14)9(13)5-6-11;/h7-9,13H,5-6,11H2,1-4H3;1H2/t9-;/m0./s1. The minimum atomic E-state index is -0.954. The molecule has 0 aromatic carbocycles. The second-order valence-electron chi connectivity index (χ2n) is 4.03. The lowest BCUT2D eigenvalue weighted by Crippen LogP contribution is -2.47. The van der Waals surface area contributed by atoms with Crippen molar-refractivity contribution >= 4 is 19.4 Å². The summed E-state index contributed by atoms with van der Waals surface area (Å²) in [6, 6.07) is 0.213. The molecule has 92 valence electrons. The number of aliphatic hydroxyl groups is 1. The maximum Gasteiger partial charge on any atom is 0.251 e. The largest absolute Gasteiger partial charge is 0.383 e. The van der Waals surface area contributed by atoms with E-state index in [2.05, 4.69) is 0 Å². The van der Waals surface area contributed by atoms with Gasteiger partial charge in [0.15, 0.2) is 0 Å². The minimum absolute atomic E-state index is 0. The highest BCUT2D eigenvalue weighted by Crippen LogP contribution is 2.08. The zero-order valence-corrected chi connectivity index (χ0v) is 11.0. The highest BCUT2D eigenvalue weighted by molar-refractivity contribution is 7.59. The quantitative estimate of drug-likeness (QED) is 0.728. The summed E-state index contributed by atoms with van der Waals surface area (Å²) in [6.07, 6.45) is -0.626. The van der Waals surface area contributed by atoms with Gasteiger partial charge < -0.3 is 15.7 Å². The Labute approximate surface area is 99.3 Å². The van der Waals surface area contributed by atoms with Crippen molar-refractivity contribution in [2.24, 2.45) is 5.73 Å². The van der Waals surface area contributed by atoms with Gasteiger partial charge in [-0.25, -0.2) is 0 Å². The molecule has 1 atom stereocenters. The van der Waals surface area contributed by atoms with Gasteiger partial charge in [0.2, 0.25) is 0 Å². The molecule has 0 aromatic heterocycles. The van der Waals surface area contributed by atoms with Crippen LogP contribution in [0.4, 0.5) is 0 Å². The first-order valence-corrected chi connectivity index (χ1v) is 5.12. The molecule has 0 aliphatic heterocycles. The maximum absolute atomic E-state index is 11.7. The summed E-state index contributed by atoms with van der Waals surface area (Å²) in [5.41, 5.74) is 5.29. The van der Waals surface area contributed by atoms with Crippen molar-refractivity contribution in [3.05, 3.63) is 0 Å². The number of aliphatic hydroxyl groups excluding tert-OH is 1. The highest BCUT2D eigenvalue weighted by Gasteiger charge is 2.25. The molecule has 0 heterocycles. The first-order valence-electron chi connectivity index (χ1n) is 5.12. The predicted octanol–water partition coefficient (Wildman–Crippen LogP) is 0.454. The van der Waals surface area contributed by atoms with Crippen molar-refractivity contribution < 1.29 is 9.90 Å². The number of amides is 1. The van der Waals surface area contributed by atoms with Gasteiger partial charge in [-0.1, -0.05) is 0 Å². The molecular weight excluding hydrogens is 212 g/mol. The maximum atomic E-state index is 11.7. The van der Waals surface area contributed by atoms with E-state index in [1.165, 1.54) is 0 Å². The zero-order valence-electron chi connectivity index (χ0n) is 10.0. The Morgan fingerprint density at radius 3 is 1.93 bits per heavy atom. The lowest BCUT2D eigenvalue weighted by Gasteiger charge is -2.32. The van der Waals surface area contributed by atoms with Crippen LogP contribution in [0.2, 0.25) is 0 Å². The molecule has 5 heteroatoms. The molecule has 0 aromatic rings. The fourth-order valence-electron chi connectivity index (χ4n) is 1.56. The molecule has 4 nitrogen and oxygen atoms in total. The summed E-state index contributed by atoms with van der Waals surface area (Å²) in [7, 11) is 0. The van der Waals surface area contributed by atoms with Gasteiger partial charge in [-0.3, -0.25) is 4.79 Å². The molecule has 0 bridgehead atoms. The van der Waals surface area contributed by atoms with Gasteiger partial charge in [-0.15, -0.1) is 0 Å². The molecule has 0 saturated carbocycles. The lowest BCUT2D eigenvalue weighted by molar-refractivity contribution is -0.144. The van der Waals surface area contributed by atoms with Crippen LogP contribution in [-0.2, 0) is 4.79 Å². The number of hydrogen-bond donors (Lipinski definition) is 2. The van der Waals surface area contributed by atoms with Crippen LogP contribution in [0, 0.1) is 0 Å². The third-order valence-electron chi connectivity index (χ3n) is 2.09. The third-order valence-corrected chi connectivity index (χ3v) is 2.09. The Balaban J connectivity index is 0. The van der Waals surface area contributed by atoms with Crippen LogP contribution < -0.4 is 5.73 Å². The number of carbonyl (C=O) groups is 1. The molecule has 0 aliphatic carbocycles. The van der Waals surface area contributed by atoms with E-state index in [0.29, 0.717) is 13.0 Å². The van der Waals surface area contributed by atoms with E-state index in [1.807, 2.05) is 27.7 Å². The molecule has 0 radical (unpaired) electrons. The van der Waals surface area contributed by atoms with E-state index in [9.17, 15) is 9.90 Å². The van der Waals surface area contributed by atoms with Crippen molar-refractivity contribution in [1.29, 1.82) is 0 Å². The molecule has 0 spiro atoms. The van der Waals surface area contributed by atoms with Gasteiger partial charge >= 0.3 is 0 Å². The monoisotopic (exact) mass is 236 g/mol. The topological polar surface area (TPSA) is 66.6 Å². The summed E-state index contributed by atoms with van der Waals surface area (Å²) in [5, 5.41) is 9.51. The SMILES string of the molecule is CC(C)N(C(=O)[C@@H](O)CCN)C(C)C.S. The van der Waals surface area contributed by atoms with Crippen LogP contribution in [0.15, 0.2) is 0 Å². The van der Waals surface area contributed by atoms with Crippen molar-refractivity contribution in [2.45, 2.75) is 52.3 Å². The summed E-state index contributed by atoms with van der Waals surface area (Å²) in [6.45, 7) is 8.08. The number of nitrogens with two attached hydrogens (primary N) is 1. The van der Waals surface area contributed by atoms with Crippen LogP contribution in [0.1, 0.15) is 34.1 Å². The minimum Gasteiger partial charge on any atom is -0.383 e. The van der Waals surface area contributed by atoms with E-state index < -0.39 is 6.10 Å². The van der Waals surface area contributed by atoms with E-state index in [1.54, 1.807) is 4.90 Å². The summed E-state index contributed by atoms with van der Waals surface area (Å²) < 4.78 is 0. The second kappa shape index (κ2) is 7.96. The van der Waals surface area contributed by atoms with E-state index in [0.717, 1.165) is 0 Å². The number of carbonyl (C=O) groups excluding carboxylic acids is 1. The van der Waals surface area contributed by atoms with Gasteiger partial charge in [0.05, 0.1) is 0 Å². The third kappa shape index (κ3) is 5.39. The number of rotatable bonds is 5. The summed E-state index contributed by atoms with van der Waals surface area (Å²) in [4.78, 5) is 13.4. The van der Waals surface area contributed by atoms with Crippen LogP contribution in [0.25, 0.3) is 0 Å². The van der Waals surface area contributed by atoms with Crippen LogP contribution in [0.3, 0.4) is 0 Å². The smallest absolute Gasteiger partial charge is 0.251 e. The molecule has 15 heavy (non-hydrogen) atoms.